The number of aryl methyl sites for hydroxylation is 2. The SMILES string of the molecule is CCc1onc(C)c1C(=O)N1CCC(OCC2CCOC2)CC1. The van der Waals surface area contributed by atoms with Crippen molar-refractivity contribution in [1.82, 2.24) is 10.1 Å². The topological polar surface area (TPSA) is 64.8 Å². The highest BCUT2D eigenvalue weighted by molar-refractivity contribution is 5.96. The van der Waals surface area contributed by atoms with Crippen LogP contribution < -0.4 is 0 Å². The van der Waals surface area contributed by atoms with Crippen molar-refractivity contribution in [3.63, 3.8) is 0 Å². The van der Waals surface area contributed by atoms with Crippen LogP contribution in [0.1, 0.15) is 48.0 Å². The Morgan fingerprint density at radius 3 is 2.78 bits per heavy atom. The smallest absolute Gasteiger partial charge is 0.259 e. The van der Waals surface area contributed by atoms with Crippen LogP contribution in [0.3, 0.4) is 0 Å². The maximum absolute atomic E-state index is 12.7. The molecule has 0 saturated carbocycles. The normalized spacial score (nSPS) is 22.7. The highest BCUT2D eigenvalue weighted by Gasteiger charge is 2.29. The van der Waals surface area contributed by atoms with Gasteiger partial charge in [0.1, 0.15) is 11.3 Å². The monoisotopic (exact) mass is 322 g/mol. The van der Waals surface area contributed by atoms with Crippen LogP contribution in [0, 0.1) is 12.8 Å². The Kier molecular flexibility index (Phi) is 5.33. The van der Waals surface area contributed by atoms with Crippen LogP contribution >= 0.6 is 0 Å². The molecular weight excluding hydrogens is 296 g/mol. The zero-order valence-corrected chi connectivity index (χ0v) is 14.0. The van der Waals surface area contributed by atoms with Crippen molar-refractivity contribution in [3.05, 3.63) is 17.0 Å². The Labute approximate surface area is 137 Å². The van der Waals surface area contributed by atoms with Crippen LogP contribution in [0.5, 0.6) is 0 Å². The molecule has 0 N–H and O–H groups in total. The van der Waals surface area contributed by atoms with Gasteiger partial charge in [-0.15, -0.1) is 0 Å². The summed E-state index contributed by atoms with van der Waals surface area (Å²) in [6.07, 6.45) is 3.83. The summed E-state index contributed by atoms with van der Waals surface area (Å²) >= 11 is 0. The zero-order valence-electron chi connectivity index (χ0n) is 14.0. The average Bonchev–Trinajstić information content (AvgIpc) is 3.22. The van der Waals surface area contributed by atoms with E-state index in [9.17, 15) is 4.79 Å². The summed E-state index contributed by atoms with van der Waals surface area (Å²) in [7, 11) is 0. The van der Waals surface area contributed by atoms with E-state index in [2.05, 4.69) is 5.16 Å². The van der Waals surface area contributed by atoms with E-state index < -0.39 is 0 Å². The molecule has 1 amide bonds. The third-order valence-electron chi connectivity index (χ3n) is 4.79. The lowest BCUT2D eigenvalue weighted by molar-refractivity contribution is -0.00797. The first-order valence-corrected chi connectivity index (χ1v) is 8.62. The van der Waals surface area contributed by atoms with Crippen molar-refractivity contribution in [3.8, 4) is 0 Å². The highest BCUT2D eigenvalue weighted by atomic mass is 16.5. The minimum Gasteiger partial charge on any atom is -0.381 e. The Morgan fingerprint density at radius 1 is 1.35 bits per heavy atom. The highest BCUT2D eigenvalue weighted by Crippen LogP contribution is 2.22. The maximum atomic E-state index is 12.7. The molecule has 2 saturated heterocycles. The van der Waals surface area contributed by atoms with Crippen molar-refractivity contribution in [2.24, 2.45) is 5.92 Å². The lowest BCUT2D eigenvalue weighted by atomic mass is 10.0. The molecule has 6 nitrogen and oxygen atoms in total. The molecule has 3 heterocycles. The predicted octanol–water partition coefficient (Wildman–Crippen LogP) is 2.20. The van der Waals surface area contributed by atoms with E-state index in [1.54, 1.807) is 0 Å². The summed E-state index contributed by atoms with van der Waals surface area (Å²) < 4.78 is 16.6. The Balaban J connectivity index is 1.50. The van der Waals surface area contributed by atoms with Gasteiger partial charge in [0.25, 0.3) is 5.91 Å². The molecule has 2 fully saturated rings. The number of piperidine rings is 1. The first-order chi connectivity index (χ1) is 11.2. The number of aromatic nitrogens is 1. The minimum absolute atomic E-state index is 0.0447. The molecule has 0 aliphatic carbocycles. The van der Waals surface area contributed by atoms with Crippen molar-refractivity contribution >= 4 is 5.91 Å². The van der Waals surface area contributed by atoms with Crippen LogP contribution in [0.25, 0.3) is 0 Å². The van der Waals surface area contributed by atoms with Gasteiger partial charge < -0.3 is 18.9 Å². The number of rotatable bonds is 5. The van der Waals surface area contributed by atoms with Gasteiger partial charge in [-0.2, -0.15) is 0 Å². The molecule has 6 heteroatoms. The van der Waals surface area contributed by atoms with Gasteiger partial charge >= 0.3 is 0 Å². The van der Waals surface area contributed by atoms with Crippen LogP contribution in [0.15, 0.2) is 4.52 Å². The molecule has 1 atom stereocenters. The van der Waals surface area contributed by atoms with Gasteiger partial charge in [-0.05, 0) is 26.2 Å². The van der Waals surface area contributed by atoms with E-state index in [4.69, 9.17) is 14.0 Å². The summed E-state index contributed by atoms with van der Waals surface area (Å²) in [5.41, 5.74) is 1.33. The number of hydrogen-bond acceptors (Lipinski definition) is 5. The lowest BCUT2D eigenvalue weighted by Gasteiger charge is -2.32. The summed E-state index contributed by atoms with van der Waals surface area (Å²) in [6, 6.07) is 0. The van der Waals surface area contributed by atoms with Crippen molar-refractivity contribution in [1.29, 1.82) is 0 Å². The van der Waals surface area contributed by atoms with Crippen molar-refractivity contribution in [2.75, 3.05) is 32.9 Å². The molecule has 128 valence electrons. The van der Waals surface area contributed by atoms with E-state index in [1.165, 1.54) is 0 Å². The second-order valence-electron chi connectivity index (χ2n) is 6.47. The Morgan fingerprint density at radius 2 is 2.13 bits per heavy atom. The average molecular weight is 322 g/mol. The molecule has 1 unspecified atom stereocenters. The number of ether oxygens (including phenoxy) is 2. The molecule has 0 spiro atoms. The molecule has 0 radical (unpaired) electrons. The lowest BCUT2D eigenvalue weighted by Crippen LogP contribution is -2.41. The third-order valence-corrected chi connectivity index (χ3v) is 4.79. The summed E-state index contributed by atoms with van der Waals surface area (Å²) in [4.78, 5) is 14.6. The Hall–Kier alpha value is -1.40. The second-order valence-corrected chi connectivity index (χ2v) is 6.47. The van der Waals surface area contributed by atoms with Gasteiger partial charge in [0.05, 0.1) is 25.0 Å². The molecule has 1 aromatic rings. The number of amides is 1. The zero-order chi connectivity index (χ0) is 16.2. The fourth-order valence-electron chi connectivity index (χ4n) is 3.30. The number of carbonyl (C=O) groups is 1. The fraction of sp³-hybridized carbons (Fsp3) is 0.765. The number of hydrogen-bond donors (Lipinski definition) is 0. The minimum atomic E-state index is 0.0447. The molecular formula is C17H26N2O4. The van der Waals surface area contributed by atoms with Gasteiger partial charge in [-0.3, -0.25) is 4.79 Å². The first kappa shape index (κ1) is 16.5. The van der Waals surface area contributed by atoms with Crippen LogP contribution in [-0.2, 0) is 15.9 Å². The quantitative estimate of drug-likeness (QED) is 0.831. The second kappa shape index (κ2) is 7.45. The van der Waals surface area contributed by atoms with Gasteiger partial charge in [-0.25, -0.2) is 0 Å². The van der Waals surface area contributed by atoms with Crippen molar-refractivity contribution in [2.45, 2.75) is 45.6 Å². The van der Waals surface area contributed by atoms with Crippen LogP contribution in [0.2, 0.25) is 0 Å². The van der Waals surface area contributed by atoms with E-state index in [0.29, 0.717) is 29.4 Å². The molecule has 2 aliphatic heterocycles. The van der Waals surface area contributed by atoms with E-state index in [0.717, 1.165) is 52.2 Å². The van der Waals surface area contributed by atoms with Gasteiger partial charge in [0.15, 0.2) is 0 Å². The fourth-order valence-corrected chi connectivity index (χ4v) is 3.30. The molecule has 3 rings (SSSR count). The standard InChI is InChI=1S/C17H26N2O4/c1-3-15-16(12(2)18-23-15)17(20)19-7-4-14(5-8-19)22-11-13-6-9-21-10-13/h13-14H,3-11H2,1-2H3. The third kappa shape index (κ3) is 3.75. The van der Waals surface area contributed by atoms with Gasteiger partial charge in [0, 0.05) is 32.0 Å². The van der Waals surface area contributed by atoms with Crippen LogP contribution in [0.4, 0.5) is 0 Å². The van der Waals surface area contributed by atoms with E-state index in [1.807, 2.05) is 18.7 Å². The first-order valence-electron chi connectivity index (χ1n) is 8.62. The summed E-state index contributed by atoms with van der Waals surface area (Å²) in [5, 5.41) is 3.93. The van der Waals surface area contributed by atoms with Crippen molar-refractivity contribution < 1.29 is 18.8 Å². The molecule has 23 heavy (non-hydrogen) atoms. The summed E-state index contributed by atoms with van der Waals surface area (Å²) in [6.45, 7) is 7.74. The number of nitrogens with zero attached hydrogens (tertiary/aromatic N) is 2. The largest absolute Gasteiger partial charge is 0.381 e. The molecule has 2 aliphatic rings. The molecule has 0 aromatic carbocycles. The predicted molar refractivity (Wildman–Crippen MR) is 84.4 cm³/mol. The van der Waals surface area contributed by atoms with E-state index in [-0.39, 0.29) is 12.0 Å². The number of likely N-dealkylation sites (tertiary alicyclic amines) is 1. The Bertz CT molecular complexity index is 529. The van der Waals surface area contributed by atoms with Gasteiger partial charge in [0.2, 0.25) is 0 Å². The summed E-state index contributed by atoms with van der Waals surface area (Å²) in [5.74, 6) is 1.27. The molecule has 1 aromatic heterocycles. The maximum Gasteiger partial charge on any atom is 0.259 e. The number of carbonyl (C=O) groups excluding carboxylic acids is 1. The van der Waals surface area contributed by atoms with Gasteiger partial charge in [-0.1, -0.05) is 12.1 Å². The van der Waals surface area contributed by atoms with E-state index >= 15 is 0 Å². The molecule has 0 bridgehead atoms. The van der Waals surface area contributed by atoms with Crippen LogP contribution in [-0.4, -0.2) is 55.0 Å².